The van der Waals surface area contributed by atoms with Crippen LogP contribution in [0.2, 0.25) is 10.0 Å². The van der Waals surface area contributed by atoms with Crippen molar-refractivity contribution < 1.29 is 14.3 Å². The number of methoxy groups -OCH3 is 1. The third-order valence-corrected chi connectivity index (χ3v) is 7.82. The van der Waals surface area contributed by atoms with E-state index in [0.717, 1.165) is 21.9 Å². The zero-order valence-corrected chi connectivity index (χ0v) is 23.3. The number of benzene rings is 4. The lowest BCUT2D eigenvalue weighted by Crippen LogP contribution is -2.19. The van der Waals surface area contributed by atoms with Gasteiger partial charge in [-0.15, -0.1) is 0 Å². The van der Waals surface area contributed by atoms with Crippen LogP contribution in [0.5, 0.6) is 11.5 Å². The van der Waals surface area contributed by atoms with Crippen molar-refractivity contribution in [2.45, 2.75) is 6.61 Å². The third kappa shape index (κ3) is 5.80. The molecule has 5 nitrogen and oxygen atoms in total. The number of carbonyl (C=O) groups is 1. The molecule has 0 spiro atoms. The van der Waals surface area contributed by atoms with Crippen molar-refractivity contribution in [3.05, 3.63) is 103 Å². The maximum absolute atomic E-state index is 12.6. The molecule has 0 bridgehead atoms. The van der Waals surface area contributed by atoms with Crippen molar-refractivity contribution in [1.29, 1.82) is 0 Å². The molecule has 1 saturated heterocycles. The van der Waals surface area contributed by atoms with Crippen LogP contribution >= 0.6 is 50.9 Å². The lowest BCUT2D eigenvalue weighted by atomic mass is 10.1. The molecule has 0 radical (unpaired) electrons. The van der Waals surface area contributed by atoms with E-state index < -0.39 is 0 Å². The molecule has 186 valence electrons. The van der Waals surface area contributed by atoms with E-state index in [1.54, 1.807) is 31.4 Å². The maximum atomic E-state index is 12.6. The first kappa shape index (κ1) is 25.7. The molecule has 1 fully saturated rings. The van der Waals surface area contributed by atoms with E-state index in [9.17, 15) is 4.79 Å². The predicted octanol–water partition coefficient (Wildman–Crippen LogP) is 8.39. The highest BCUT2D eigenvalue weighted by atomic mass is 79.9. The van der Waals surface area contributed by atoms with Crippen molar-refractivity contribution in [3.8, 4) is 11.5 Å². The van der Waals surface area contributed by atoms with Gasteiger partial charge in [-0.3, -0.25) is 4.79 Å². The van der Waals surface area contributed by atoms with E-state index in [-0.39, 0.29) is 5.91 Å². The van der Waals surface area contributed by atoms with Crippen molar-refractivity contribution in [2.24, 2.45) is 4.99 Å². The molecule has 37 heavy (non-hydrogen) atoms. The Kier molecular flexibility index (Phi) is 7.76. The largest absolute Gasteiger partial charge is 0.493 e. The highest BCUT2D eigenvalue weighted by Crippen LogP contribution is 2.39. The molecule has 0 aliphatic carbocycles. The summed E-state index contributed by atoms with van der Waals surface area (Å²) in [6, 6.07) is 23.1. The summed E-state index contributed by atoms with van der Waals surface area (Å²) in [5, 5.41) is 6.37. The smallest absolute Gasteiger partial charge is 0.264 e. The summed E-state index contributed by atoms with van der Waals surface area (Å²) in [6.45, 7) is 0.379. The molecule has 1 amide bonds. The number of halogens is 3. The molecular formula is C28H19BrCl2N2O3S. The van der Waals surface area contributed by atoms with Crippen LogP contribution in [0.3, 0.4) is 0 Å². The lowest BCUT2D eigenvalue weighted by molar-refractivity contribution is -0.115. The second-order valence-electron chi connectivity index (χ2n) is 8.04. The standard InChI is InChI=1S/C28H19BrCl2N2O3S/c1-35-24-12-16(13-25-27(34)33-28(37-25)32-19-9-10-22(30)23(31)14-19)11-21(29)26(24)36-15-18-7-4-6-17-5-2-3-8-20(17)18/h2-14H,15H2,1H3,(H,32,33,34)/b25-13+. The molecule has 1 aliphatic heterocycles. The van der Waals surface area contributed by atoms with E-state index in [4.69, 9.17) is 32.7 Å². The van der Waals surface area contributed by atoms with Gasteiger partial charge in [-0.25, -0.2) is 4.99 Å². The fourth-order valence-electron chi connectivity index (χ4n) is 3.84. The van der Waals surface area contributed by atoms with E-state index in [1.807, 2.05) is 30.3 Å². The second kappa shape index (κ2) is 11.2. The first-order valence-corrected chi connectivity index (χ1v) is 13.5. The summed E-state index contributed by atoms with van der Waals surface area (Å²) in [5.41, 5.74) is 2.44. The number of ether oxygens (including phenoxy) is 2. The Morgan fingerprint density at radius 1 is 1.03 bits per heavy atom. The molecule has 0 unspecified atom stereocenters. The molecule has 5 rings (SSSR count). The number of nitrogens with zero attached hydrogens (tertiary/aromatic N) is 1. The Morgan fingerprint density at radius 3 is 2.65 bits per heavy atom. The van der Waals surface area contributed by atoms with E-state index >= 15 is 0 Å². The third-order valence-electron chi connectivity index (χ3n) is 5.59. The van der Waals surface area contributed by atoms with Crippen LogP contribution in [0, 0.1) is 0 Å². The predicted molar refractivity (Wildman–Crippen MR) is 156 cm³/mol. The van der Waals surface area contributed by atoms with E-state index in [1.165, 1.54) is 11.8 Å². The number of amidine groups is 1. The second-order valence-corrected chi connectivity index (χ2v) is 10.7. The quantitative estimate of drug-likeness (QED) is 0.222. The number of thioether (sulfide) groups is 1. The Hall–Kier alpha value is -2.97. The lowest BCUT2D eigenvalue weighted by Gasteiger charge is -2.15. The van der Waals surface area contributed by atoms with Gasteiger partial charge in [-0.05, 0) is 86.0 Å². The topological polar surface area (TPSA) is 59.9 Å². The van der Waals surface area contributed by atoms with Crippen LogP contribution in [0.25, 0.3) is 16.8 Å². The highest BCUT2D eigenvalue weighted by molar-refractivity contribution is 9.10. The van der Waals surface area contributed by atoms with Crippen molar-refractivity contribution >= 4 is 84.5 Å². The fraction of sp³-hybridized carbons (Fsp3) is 0.0714. The molecule has 0 saturated carbocycles. The van der Waals surface area contributed by atoms with Crippen molar-refractivity contribution in [3.63, 3.8) is 0 Å². The Morgan fingerprint density at radius 2 is 1.84 bits per heavy atom. The minimum absolute atomic E-state index is 0.241. The molecule has 1 aliphatic rings. The SMILES string of the molecule is COc1cc(/C=C2/SC(=Nc3ccc(Cl)c(Cl)c3)NC2=O)cc(Br)c1OCc1cccc2ccccc12. The van der Waals surface area contributed by atoms with Crippen molar-refractivity contribution in [1.82, 2.24) is 5.32 Å². The minimum atomic E-state index is -0.241. The van der Waals surface area contributed by atoms with Crippen LogP contribution < -0.4 is 14.8 Å². The number of hydrogen-bond donors (Lipinski definition) is 1. The average Bonchev–Trinajstić information content (AvgIpc) is 3.23. The van der Waals surface area contributed by atoms with Gasteiger partial charge in [-0.2, -0.15) is 0 Å². The molecule has 0 aromatic heterocycles. The van der Waals surface area contributed by atoms with Crippen LogP contribution in [-0.2, 0) is 11.4 Å². The maximum Gasteiger partial charge on any atom is 0.264 e. The molecule has 4 aromatic carbocycles. The van der Waals surface area contributed by atoms with Gasteiger partial charge >= 0.3 is 0 Å². The van der Waals surface area contributed by atoms with Crippen LogP contribution in [0.4, 0.5) is 5.69 Å². The average molecular weight is 614 g/mol. The zero-order chi connectivity index (χ0) is 25.9. The Bertz CT molecular complexity index is 1580. The summed E-state index contributed by atoms with van der Waals surface area (Å²) >= 11 is 16.9. The fourth-order valence-corrected chi connectivity index (χ4v) is 5.54. The van der Waals surface area contributed by atoms with Crippen LogP contribution in [-0.4, -0.2) is 18.2 Å². The number of amides is 1. The zero-order valence-electron chi connectivity index (χ0n) is 19.4. The van der Waals surface area contributed by atoms with Gasteiger partial charge in [0.15, 0.2) is 16.7 Å². The number of rotatable bonds is 6. The molecule has 9 heteroatoms. The summed E-state index contributed by atoms with van der Waals surface area (Å²) in [6.07, 6.45) is 1.78. The van der Waals surface area contributed by atoms with Crippen LogP contribution in [0.15, 0.2) is 87.2 Å². The molecule has 0 atom stereocenters. The number of aliphatic imine (C=N–C) groups is 1. The summed E-state index contributed by atoms with van der Waals surface area (Å²) < 4.78 is 12.5. The number of nitrogens with one attached hydrogen (secondary N) is 1. The van der Waals surface area contributed by atoms with E-state index in [2.05, 4.69) is 50.5 Å². The molecular weight excluding hydrogens is 595 g/mol. The van der Waals surface area contributed by atoms with Crippen LogP contribution in [0.1, 0.15) is 11.1 Å². The van der Waals surface area contributed by atoms with Gasteiger partial charge in [0.2, 0.25) is 0 Å². The van der Waals surface area contributed by atoms with E-state index in [0.29, 0.717) is 48.4 Å². The summed E-state index contributed by atoms with van der Waals surface area (Å²) in [7, 11) is 1.59. The minimum Gasteiger partial charge on any atom is -0.493 e. The van der Waals surface area contributed by atoms with Gasteiger partial charge in [0, 0.05) is 0 Å². The van der Waals surface area contributed by atoms with Crippen molar-refractivity contribution in [2.75, 3.05) is 7.11 Å². The number of hydrogen-bond acceptors (Lipinski definition) is 5. The molecule has 4 aromatic rings. The van der Waals surface area contributed by atoms with Gasteiger partial charge < -0.3 is 14.8 Å². The monoisotopic (exact) mass is 612 g/mol. The molecule has 1 N–H and O–H groups in total. The number of carbonyl (C=O) groups excluding carboxylic acids is 1. The summed E-state index contributed by atoms with van der Waals surface area (Å²) in [5.74, 6) is 0.896. The van der Waals surface area contributed by atoms with Gasteiger partial charge in [0.05, 0.1) is 32.2 Å². The first-order valence-electron chi connectivity index (χ1n) is 11.1. The first-order chi connectivity index (χ1) is 17.9. The van der Waals surface area contributed by atoms with Gasteiger partial charge in [0.1, 0.15) is 6.61 Å². The summed E-state index contributed by atoms with van der Waals surface area (Å²) in [4.78, 5) is 17.5. The Labute approximate surface area is 236 Å². The highest BCUT2D eigenvalue weighted by Gasteiger charge is 2.24. The number of fused-ring (bicyclic) bond motifs is 1. The normalized spacial score (nSPS) is 15.4. The molecule has 1 heterocycles. The van der Waals surface area contributed by atoms with Gasteiger partial charge in [0.25, 0.3) is 5.91 Å². The van der Waals surface area contributed by atoms with Gasteiger partial charge in [-0.1, -0.05) is 65.7 Å². The Balaban J connectivity index is 1.37.